The van der Waals surface area contributed by atoms with Crippen LogP contribution >= 0.6 is 0 Å². The predicted octanol–water partition coefficient (Wildman–Crippen LogP) is 8.28. The van der Waals surface area contributed by atoms with Gasteiger partial charge in [-0.05, 0) is 11.1 Å². The molecule has 6 aromatic rings. The summed E-state index contributed by atoms with van der Waals surface area (Å²) in [6.07, 6.45) is 1.96. The van der Waals surface area contributed by atoms with Crippen molar-refractivity contribution in [3.8, 4) is 39.6 Å². The molecule has 2 aromatic heterocycles. The van der Waals surface area contributed by atoms with Gasteiger partial charge in [-0.1, -0.05) is 30.3 Å². The zero-order chi connectivity index (χ0) is 28.2. The first kappa shape index (κ1) is 26.0. The average Bonchev–Trinajstić information content (AvgIpc) is 3.32. The monoisotopic (exact) mass is 587 g/mol. The summed E-state index contributed by atoms with van der Waals surface area (Å²) >= 11 is -2.40. The van der Waals surface area contributed by atoms with Gasteiger partial charge in [-0.2, -0.15) is 0 Å². The number of halogens is 1. The molecule has 0 aliphatic rings. The van der Waals surface area contributed by atoms with E-state index in [9.17, 15) is 5.26 Å². The van der Waals surface area contributed by atoms with Gasteiger partial charge < -0.3 is 0 Å². The molecule has 0 bridgehead atoms. The maximum atomic E-state index is 15.5. The van der Waals surface area contributed by atoms with E-state index in [1.54, 1.807) is 6.07 Å². The number of hydrogen-bond donors (Lipinski definition) is 0. The van der Waals surface area contributed by atoms with Gasteiger partial charge >= 0.3 is 196 Å². The normalized spacial score (nSPS) is 11.7. The van der Waals surface area contributed by atoms with Gasteiger partial charge in [0.15, 0.2) is 0 Å². The molecule has 0 radical (unpaired) electrons. The Bertz CT molecular complexity index is 1960. The van der Waals surface area contributed by atoms with Crippen LogP contribution in [0.1, 0.15) is 11.1 Å². The molecule has 40 heavy (non-hydrogen) atoms. The quantitative estimate of drug-likeness (QED) is 0.154. The Morgan fingerprint density at radius 2 is 1.38 bits per heavy atom. The van der Waals surface area contributed by atoms with Gasteiger partial charge in [0.2, 0.25) is 0 Å². The first-order chi connectivity index (χ1) is 19.2. The molecule has 0 saturated carbocycles. The number of nitrogens with zero attached hydrogens (tertiary/aromatic N) is 2. The number of aromatic nitrogens is 1. The summed E-state index contributed by atoms with van der Waals surface area (Å²) in [5.41, 5.74) is 8.48. The van der Waals surface area contributed by atoms with Crippen molar-refractivity contribution in [3.05, 3.63) is 108 Å². The third kappa shape index (κ3) is 4.31. The van der Waals surface area contributed by atoms with Crippen LogP contribution in [0, 0.1) is 24.1 Å². The van der Waals surface area contributed by atoms with E-state index >= 15 is 4.39 Å². The third-order valence-corrected chi connectivity index (χ3v) is 11.9. The molecule has 0 atom stereocenters. The Kier molecular flexibility index (Phi) is 6.36. The molecule has 0 aliphatic heterocycles. The van der Waals surface area contributed by atoms with E-state index in [0.29, 0.717) is 16.7 Å². The summed E-state index contributed by atoms with van der Waals surface area (Å²) in [6.45, 7) is 2.03. The van der Waals surface area contributed by atoms with Gasteiger partial charge in [0.25, 0.3) is 0 Å². The molecule has 2 heterocycles. The van der Waals surface area contributed by atoms with Gasteiger partial charge in [-0.3, -0.25) is 0 Å². The molecule has 0 unspecified atom stereocenters. The van der Waals surface area contributed by atoms with E-state index in [1.165, 1.54) is 0 Å². The Balaban J connectivity index is 1.59. The van der Waals surface area contributed by atoms with E-state index in [-0.39, 0.29) is 5.82 Å². The van der Waals surface area contributed by atoms with Crippen molar-refractivity contribution in [1.29, 1.82) is 5.26 Å². The second kappa shape index (κ2) is 9.76. The number of aryl methyl sites for hydroxylation is 2. The maximum absolute atomic E-state index is 15.5. The number of nitriles is 1. The van der Waals surface area contributed by atoms with Gasteiger partial charge in [0, 0.05) is 0 Å². The molecule has 5 heteroatoms. The Labute approximate surface area is 236 Å². The second-order valence-corrected chi connectivity index (χ2v) is 22.0. The van der Waals surface area contributed by atoms with Crippen molar-refractivity contribution >= 4 is 39.6 Å². The number of rotatable bonds is 4. The topological polar surface area (TPSA) is 40.8 Å². The molecule has 6 rings (SSSR count). The van der Waals surface area contributed by atoms with Crippen LogP contribution in [-0.4, -0.2) is 13.3 Å². The fourth-order valence-electron chi connectivity index (χ4n) is 5.58. The molecule has 0 N–H and O–H groups in total. The van der Waals surface area contributed by atoms with Crippen molar-refractivity contribution in [2.75, 3.05) is 0 Å². The Morgan fingerprint density at radius 1 is 0.775 bits per heavy atom. The van der Waals surface area contributed by atoms with Crippen LogP contribution in [0.2, 0.25) is 17.3 Å². The molecule has 0 aliphatic carbocycles. The first-order valence-electron chi connectivity index (χ1n) is 13.4. The number of pyridine rings is 1. The third-order valence-electron chi connectivity index (χ3n) is 7.71. The van der Waals surface area contributed by atoms with Crippen LogP contribution in [0.15, 0.2) is 95.5 Å². The summed E-state index contributed by atoms with van der Waals surface area (Å²) < 4.78 is 25.0. The number of fused-ring (bicyclic) bond motifs is 3. The minimum absolute atomic E-state index is 0.154. The van der Waals surface area contributed by atoms with Crippen LogP contribution < -0.4 is 8.96 Å². The zero-order valence-corrected chi connectivity index (χ0v) is 25.4. The van der Waals surface area contributed by atoms with Crippen LogP contribution in [-0.2, 0) is 7.05 Å². The predicted molar refractivity (Wildman–Crippen MR) is 164 cm³/mol. The fraction of sp³-hybridized carbons (Fsp3) is 0.143. The summed E-state index contributed by atoms with van der Waals surface area (Å²) in [6, 6.07) is 30.4. The number of benzene rings is 4. The van der Waals surface area contributed by atoms with Gasteiger partial charge in [0.05, 0.1) is 0 Å². The fourth-order valence-corrected chi connectivity index (χ4v) is 8.46. The van der Waals surface area contributed by atoms with Crippen molar-refractivity contribution in [2.45, 2.75) is 24.2 Å². The summed E-state index contributed by atoms with van der Waals surface area (Å²) in [5.74, 6) is 6.44. The first-order valence-corrected chi connectivity index (χ1v) is 20.8. The second-order valence-electron chi connectivity index (χ2n) is 11.4. The minimum atomic E-state index is -2.40. The SMILES string of the molecule is Cc1ccc2c(oc3c(-c4ccc(-c5ccccc5)cc4)c(C#N)ccc32)c1-c1cc(F)[c]([Ge]([CH3])([CH3])[CH3])c[n+]1C. The van der Waals surface area contributed by atoms with E-state index in [1.807, 2.05) is 67.2 Å². The van der Waals surface area contributed by atoms with Crippen molar-refractivity contribution in [2.24, 2.45) is 7.05 Å². The number of hydrogen-bond acceptors (Lipinski definition) is 2. The van der Waals surface area contributed by atoms with Crippen LogP contribution in [0.3, 0.4) is 0 Å². The molecular formula is C35H30FGeN2O+. The van der Waals surface area contributed by atoms with Gasteiger partial charge in [-0.25, -0.2) is 0 Å². The number of furan rings is 1. The van der Waals surface area contributed by atoms with Crippen molar-refractivity contribution in [3.63, 3.8) is 0 Å². The van der Waals surface area contributed by atoms with Gasteiger partial charge in [-0.15, -0.1) is 0 Å². The standard InChI is InChI=1S/C35H30FGeN2O/c1-22-11-17-27-28-18-16-26(20-38)33(25-14-12-24(13-15-25)23-9-7-6-8-10-23)35(28)40-34(27)32(22)31-19-29(36)30(21-39(31)5)37(2,3)4/h6-19,21H,1-5H3/q+1. The molecular weight excluding hydrogens is 556 g/mol. The Hall–Kier alpha value is -4.21. The average molecular weight is 586 g/mol. The van der Waals surface area contributed by atoms with Crippen molar-refractivity contribution in [1.82, 2.24) is 0 Å². The molecule has 196 valence electrons. The summed E-state index contributed by atoms with van der Waals surface area (Å²) in [7, 11) is 1.97. The van der Waals surface area contributed by atoms with E-state index in [2.05, 4.69) is 59.7 Å². The van der Waals surface area contributed by atoms with Crippen molar-refractivity contribution < 1.29 is 13.4 Å². The molecule has 4 aromatic carbocycles. The van der Waals surface area contributed by atoms with Crippen LogP contribution in [0.5, 0.6) is 0 Å². The molecule has 0 saturated heterocycles. The summed E-state index contributed by atoms with van der Waals surface area (Å²) in [5, 5.41) is 11.9. The van der Waals surface area contributed by atoms with Crippen LogP contribution in [0.4, 0.5) is 4.39 Å². The van der Waals surface area contributed by atoms with E-state index in [0.717, 1.165) is 54.2 Å². The van der Waals surface area contributed by atoms with E-state index in [4.69, 9.17) is 4.42 Å². The molecule has 3 nitrogen and oxygen atoms in total. The zero-order valence-electron chi connectivity index (χ0n) is 23.3. The molecule has 0 fully saturated rings. The van der Waals surface area contributed by atoms with Gasteiger partial charge in [0.1, 0.15) is 0 Å². The summed E-state index contributed by atoms with van der Waals surface area (Å²) in [4.78, 5) is 0. The Morgan fingerprint density at radius 3 is 2.02 bits per heavy atom. The molecule has 0 spiro atoms. The molecule has 0 amide bonds. The van der Waals surface area contributed by atoms with E-state index < -0.39 is 13.3 Å². The van der Waals surface area contributed by atoms with Crippen LogP contribution in [0.25, 0.3) is 55.4 Å².